The summed E-state index contributed by atoms with van der Waals surface area (Å²) in [5.41, 5.74) is 5.22. The van der Waals surface area contributed by atoms with Crippen molar-refractivity contribution in [2.24, 2.45) is 5.73 Å². The van der Waals surface area contributed by atoms with Gasteiger partial charge < -0.3 is 15.4 Å². The number of rotatable bonds is 14. The molecule has 0 aromatic heterocycles. The second-order valence-electron chi connectivity index (χ2n) is 3.19. The molecule has 0 aliphatic heterocycles. The SMILES string of the molecule is CCCSSCCO[N+](=O)[O-].NCCSSCCO[N+](=O)[O-]. The first-order chi connectivity index (χ1) is 10.5. The Morgan fingerprint density at radius 3 is 1.64 bits per heavy atom. The van der Waals surface area contributed by atoms with Crippen LogP contribution in [0.5, 0.6) is 0 Å². The van der Waals surface area contributed by atoms with E-state index < -0.39 is 10.2 Å². The van der Waals surface area contributed by atoms with Crippen molar-refractivity contribution in [1.29, 1.82) is 0 Å². The van der Waals surface area contributed by atoms with Crippen LogP contribution < -0.4 is 5.73 Å². The van der Waals surface area contributed by atoms with Crippen molar-refractivity contribution in [3.63, 3.8) is 0 Å². The quantitative estimate of drug-likeness (QED) is 0.201. The topological polar surface area (TPSA) is 131 Å². The highest BCUT2D eigenvalue weighted by Crippen LogP contribution is 2.21. The van der Waals surface area contributed by atoms with Crippen LogP contribution in [0.4, 0.5) is 0 Å². The van der Waals surface area contributed by atoms with Crippen LogP contribution in [0.25, 0.3) is 0 Å². The molecule has 9 nitrogen and oxygen atoms in total. The average Bonchev–Trinajstić information content (AvgIpc) is 2.46. The third-order valence-corrected chi connectivity index (χ3v) is 6.36. The van der Waals surface area contributed by atoms with Crippen molar-refractivity contribution in [2.45, 2.75) is 13.3 Å². The minimum absolute atomic E-state index is 0.148. The van der Waals surface area contributed by atoms with E-state index in [-0.39, 0.29) is 13.2 Å². The predicted octanol–water partition coefficient (Wildman–Crippen LogP) is 2.52. The van der Waals surface area contributed by atoms with Crippen LogP contribution in [0.15, 0.2) is 0 Å². The lowest BCUT2D eigenvalue weighted by Gasteiger charge is -1.97. The molecule has 0 aromatic carbocycles. The average molecular weight is 396 g/mol. The molecular weight excluding hydrogens is 374 g/mol. The van der Waals surface area contributed by atoms with Gasteiger partial charge in [-0.3, -0.25) is 0 Å². The highest BCUT2D eigenvalue weighted by molar-refractivity contribution is 8.77. The largest absolute Gasteiger partial charge is 0.330 e. The van der Waals surface area contributed by atoms with Gasteiger partial charge in [0.1, 0.15) is 13.2 Å². The number of nitrogens with zero attached hydrogens (tertiary/aromatic N) is 2. The third kappa shape index (κ3) is 28.0. The Morgan fingerprint density at radius 1 is 0.864 bits per heavy atom. The van der Waals surface area contributed by atoms with E-state index in [2.05, 4.69) is 16.6 Å². The van der Waals surface area contributed by atoms with Gasteiger partial charge in [-0.2, -0.15) is 0 Å². The van der Waals surface area contributed by atoms with Gasteiger partial charge in [-0.15, -0.1) is 20.2 Å². The molecule has 2 N–H and O–H groups in total. The van der Waals surface area contributed by atoms with Crippen LogP contribution in [0.2, 0.25) is 0 Å². The lowest BCUT2D eigenvalue weighted by atomic mass is 10.6. The van der Waals surface area contributed by atoms with E-state index in [1.165, 1.54) is 10.8 Å². The molecule has 0 aromatic rings. The molecule has 0 rings (SSSR count). The molecule has 0 amide bonds. The highest BCUT2D eigenvalue weighted by atomic mass is 33.1. The van der Waals surface area contributed by atoms with Crippen LogP contribution >= 0.6 is 43.2 Å². The minimum atomic E-state index is -0.784. The highest BCUT2D eigenvalue weighted by Gasteiger charge is 1.94. The maximum atomic E-state index is 9.66. The summed E-state index contributed by atoms with van der Waals surface area (Å²) in [4.78, 5) is 27.5. The molecule has 0 saturated carbocycles. The second kappa shape index (κ2) is 20.8. The van der Waals surface area contributed by atoms with E-state index in [1.54, 1.807) is 32.4 Å². The predicted molar refractivity (Wildman–Crippen MR) is 95.1 cm³/mol. The van der Waals surface area contributed by atoms with Gasteiger partial charge >= 0.3 is 0 Å². The van der Waals surface area contributed by atoms with Gasteiger partial charge in [0.05, 0.1) is 0 Å². The van der Waals surface area contributed by atoms with Gasteiger partial charge in [-0.25, -0.2) is 0 Å². The van der Waals surface area contributed by atoms with Crippen molar-refractivity contribution in [2.75, 3.05) is 42.8 Å². The van der Waals surface area contributed by atoms with Crippen LogP contribution in [0.3, 0.4) is 0 Å². The van der Waals surface area contributed by atoms with Crippen molar-refractivity contribution in [3.05, 3.63) is 20.2 Å². The summed E-state index contributed by atoms with van der Waals surface area (Å²) in [5.74, 6) is 3.24. The second-order valence-corrected chi connectivity index (χ2v) is 8.59. The molecule has 0 unspecified atom stereocenters. The molecule has 22 heavy (non-hydrogen) atoms. The molecule has 0 atom stereocenters. The molecule has 0 bridgehead atoms. The van der Waals surface area contributed by atoms with E-state index in [9.17, 15) is 20.2 Å². The first-order valence-electron chi connectivity index (χ1n) is 6.28. The smallest absolute Gasteiger partial charge is 0.294 e. The van der Waals surface area contributed by atoms with E-state index >= 15 is 0 Å². The van der Waals surface area contributed by atoms with E-state index in [1.807, 2.05) is 0 Å². The van der Waals surface area contributed by atoms with Gasteiger partial charge in [0.2, 0.25) is 0 Å². The zero-order valence-corrected chi connectivity index (χ0v) is 15.5. The van der Waals surface area contributed by atoms with Crippen LogP contribution in [-0.4, -0.2) is 52.9 Å². The number of hydrogen-bond donors (Lipinski definition) is 1. The van der Waals surface area contributed by atoms with Crippen molar-refractivity contribution in [3.8, 4) is 0 Å². The monoisotopic (exact) mass is 395 g/mol. The third-order valence-electron chi connectivity index (χ3n) is 1.38. The fourth-order valence-corrected chi connectivity index (χ4v) is 4.29. The van der Waals surface area contributed by atoms with Crippen LogP contribution in [0, 0.1) is 20.2 Å². The van der Waals surface area contributed by atoms with Gasteiger partial charge in [0.25, 0.3) is 10.2 Å². The first kappa shape index (κ1) is 24.0. The zero-order chi connectivity index (χ0) is 17.1. The van der Waals surface area contributed by atoms with E-state index in [0.29, 0.717) is 18.1 Å². The van der Waals surface area contributed by atoms with Gasteiger partial charge in [0, 0.05) is 29.6 Å². The maximum Gasteiger partial charge on any atom is 0.294 e. The molecule has 0 spiro atoms. The normalized spacial score (nSPS) is 9.55. The summed E-state index contributed by atoms with van der Waals surface area (Å²) in [6, 6.07) is 0. The summed E-state index contributed by atoms with van der Waals surface area (Å²) >= 11 is 0. The Kier molecular flexibility index (Phi) is 22.7. The Bertz CT molecular complexity index is 252. The standard InChI is InChI=1S/C5H11NO3S2.C4H10N2O3S2/c1-2-4-10-11-5-3-9-6(7)8;5-1-3-10-11-4-2-9-6(7)8/h2-5H2,1H3;1-5H2. The van der Waals surface area contributed by atoms with Crippen LogP contribution in [0.1, 0.15) is 13.3 Å². The molecule has 0 saturated heterocycles. The number of hydrogen-bond acceptors (Lipinski definition) is 11. The van der Waals surface area contributed by atoms with Gasteiger partial charge in [-0.1, -0.05) is 50.1 Å². The zero-order valence-electron chi connectivity index (χ0n) is 12.2. The van der Waals surface area contributed by atoms with E-state index in [0.717, 1.165) is 17.9 Å². The van der Waals surface area contributed by atoms with Crippen molar-refractivity contribution >= 4 is 43.2 Å². The summed E-state index contributed by atoms with van der Waals surface area (Å²) in [6.07, 6.45) is 1.13. The summed E-state index contributed by atoms with van der Waals surface area (Å²) in [6.45, 7) is 3.07. The minimum Gasteiger partial charge on any atom is -0.330 e. The number of nitrogens with two attached hydrogens (primary N) is 1. The Balaban J connectivity index is 0. The molecule has 0 fully saturated rings. The molecular formula is C9H21N3O6S4. The molecule has 0 heterocycles. The van der Waals surface area contributed by atoms with Gasteiger partial charge in [0.15, 0.2) is 0 Å². The Morgan fingerprint density at radius 2 is 1.27 bits per heavy atom. The fourth-order valence-electron chi connectivity index (χ4n) is 0.659. The summed E-state index contributed by atoms with van der Waals surface area (Å²) in [5, 5.41) is 17.7. The van der Waals surface area contributed by atoms with E-state index in [4.69, 9.17) is 5.73 Å². The fraction of sp³-hybridized carbons (Fsp3) is 1.00. The maximum absolute atomic E-state index is 9.66. The Labute approximate surface area is 145 Å². The summed E-state index contributed by atoms with van der Waals surface area (Å²) in [7, 11) is 6.45. The van der Waals surface area contributed by atoms with Crippen molar-refractivity contribution in [1.82, 2.24) is 0 Å². The molecule has 0 aliphatic carbocycles. The Hall–Kier alpha value is -0.240. The molecule has 0 radical (unpaired) electrons. The summed E-state index contributed by atoms with van der Waals surface area (Å²) < 4.78 is 0. The van der Waals surface area contributed by atoms with Crippen molar-refractivity contribution < 1.29 is 19.8 Å². The lowest BCUT2D eigenvalue weighted by molar-refractivity contribution is -0.756. The molecule has 132 valence electrons. The first-order valence-corrected chi connectivity index (χ1v) is 11.3. The molecule has 13 heteroatoms. The lowest BCUT2D eigenvalue weighted by Crippen LogP contribution is -2.04. The van der Waals surface area contributed by atoms with Crippen LogP contribution in [-0.2, 0) is 9.68 Å². The molecule has 0 aliphatic rings. The van der Waals surface area contributed by atoms with Gasteiger partial charge in [-0.05, 0) is 6.42 Å².